The minimum Gasteiger partial charge on any atom is -0.497 e. The van der Waals surface area contributed by atoms with Gasteiger partial charge >= 0.3 is 0 Å². The van der Waals surface area contributed by atoms with Crippen molar-refractivity contribution in [3.8, 4) is 5.75 Å². The summed E-state index contributed by atoms with van der Waals surface area (Å²) in [6.07, 6.45) is 0. The third-order valence-electron chi connectivity index (χ3n) is 2.30. The molecule has 5 heteroatoms. The molecule has 1 aromatic rings. The van der Waals surface area contributed by atoms with Crippen molar-refractivity contribution in [2.45, 2.75) is 0 Å². The van der Waals surface area contributed by atoms with Crippen LogP contribution >= 0.6 is 0 Å². The summed E-state index contributed by atoms with van der Waals surface area (Å²) < 4.78 is 5.04. The molecule has 17 heavy (non-hydrogen) atoms. The van der Waals surface area contributed by atoms with Gasteiger partial charge in [-0.25, -0.2) is 0 Å². The Kier molecular flexibility index (Phi) is 5.45. The number of methoxy groups -OCH3 is 1. The quantitative estimate of drug-likeness (QED) is 0.757. The molecule has 0 aliphatic heterocycles. The number of hydrogen-bond acceptors (Lipinski definition) is 4. The number of anilines is 1. The summed E-state index contributed by atoms with van der Waals surface area (Å²) in [6, 6.07) is 7.22. The van der Waals surface area contributed by atoms with Gasteiger partial charge in [-0.1, -0.05) is 0 Å². The van der Waals surface area contributed by atoms with Crippen LogP contribution in [0, 0.1) is 0 Å². The molecule has 0 radical (unpaired) electrons. The molecular weight excluding hydrogens is 218 g/mol. The highest BCUT2D eigenvalue weighted by Gasteiger charge is 2.05. The van der Waals surface area contributed by atoms with Crippen LogP contribution in [-0.2, 0) is 4.79 Å². The van der Waals surface area contributed by atoms with Crippen molar-refractivity contribution in [1.82, 2.24) is 4.90 Å². The third-order valence-corrected chi connectivity index (χ3v) is 2.30. The average Bonchev–Trinajstić information content (AvgIpc) is 2.30. The van der Waals surface area contributed by atoms with Crippen LogP contribution in [0.3, 0.4) is 0 Å². The first-order valence-electron chi connectivity index (χ1n) is 5.48. The lowest BCUT2D eigenvalue weighted by molar-refractivity contribution is -0.117. The van der Waals surface area contributed by atoms with Gasteiger partial charge in [0.25, 0.3) is 0 Å². The predicted molar refractivity (Wildman–Crippen MR) is 68.2 cm³/mol. The highest BCUT2D eigenvalue weighted by Crippen LogP contribution is 2.14. The topological polar surface area (TPSA) is 67.6 Å². The van der Waals surface area contributed by atoms with E-state index in [2.05, 4.69) is 5.32 Å². The monoisotopic (exact) mass is 237 g/mol. The predicted octanol–water partition coefficient (Wildman–Crippen LogP) is 0.524. The SMILES string of the molecule is COc1ccc(NC(=O)CN(C)CCN)cc1. The van der Waals surface area contributed by atoms with Gasteiger partial charge in [-0.15, -0.1) is 0 Å². The maximum atomic E-state index is 11.6. The number of rotatable bonds is 6. The summed E-state index contributed by atoms with van der Waals surface area (Å²) >= 11 is 0. The molecule has 0 atom stereocenters. The number of nitrogens with two attached hydrogens (primary N) is 1. The van der Waals surface area contributed by atoms with Crippen LogP contribution < -0.4 is 15.8 Å². The third kappa shape index (κ3) is 4.84. The van der Waals surface area contributed by atoms with E-state index in [1.165, 1.54) is 0 Å². The van der Waals surface area contributed by atoms with Crippen LogP contribution in [0.15, 0.2) is 24.3 Å². The Bertz CT molecular complexity index is 351. The normalized spacial score (nSPS) is 10.4. The van der Waals surface area contributed by atoms with Gasteiger partial charge in [0.05, 0.1) is 13.7 Å². The van der Waals surface area contributed by atoms with Crippen molar-refractivity contribution in [1.29, 1.82) is 0 Å². The van der Waals surface area contributed by atoms with Gasteiger partial charge in [-0.05, 0) is 31.3 Å². The zero-order valence-electron chi connectivity index (χ0n) is 10.3. The lowest BCUT2D eigenvalue weighted by atomic mass is 10.3. The van der Waals surface area contributed by atoms with Crippen molar-refractivity contribution >= 4 is 11.6 Å². The molecule has 0 aliphatic rings. The zero-order valence-corrected chi connectivity index (χ0v) is 10.3. The fraction of sp³-hybridized carbons (Fsp3) is 0.417. The van der Waals surface area contributed by atoms with Crippen LogP contribution in [0.2, 0.25) is 0 Å². The van der Waals surface area contributed by atoms with E-state index in [1.807, 2.05) is 11.9 Å². The Hall–Kier alpha value is -1.59. The number of likely N-dealkylation sites (N-methyl/N-ethyl adjacent to an activating group) is 1. The number of carbonyl (C=O) groups excluding carboxylic acids is 1. The summed E-state index contributed by atoms with van der Waals surface area (Å²) in [6.45, 7) is 1.59. The van der Waals surface area contributed by atoms with E-state index in [0.717, 1.165) is 11.4 Å². The smallest absolute Gasteiger partial charge is 0.238 e. The molecule has 1 aromatic carbocycles. The summed E-state index contributed by atoms with van der Waals surface area (Å²) in [7, 11) is 3.47. The molecule has 5 nitrogen and oxygen atoms in total. The first-order valence-corrected chi connectivity index (χ1v) is 5.48. The summed E-state index contributed by atoms with van der Waals surface area (Å²) in [4.78, 5) is 13.5. The van der Waals surface area contributed by atoms with Crippen LogP contribution in [0.5, 0.6) is 5.75 Å². The van der Waals surface area contributed by atoms with E-state index >= 15 is 0 Å². The van der Waals surface area contributed by atoms with Gasteiger partial charge in [-0.3, -0.25) is 9.69 Å². The molecule has 1 rings (SSSR count). The highest BCUT2D eigenvalue weighted by molar-refractivity contribution is 5.92. The van der Waals surface area contributed by atoms with E-state index in [-0.39, 0.29) is 5.91 Å². The van der Waals surface area contributed by atoms with Crippen molar-refractivity contribution in [2.75, 3.05) is 39.1 Å². The van der Waals surface area contributed by atoms with Crippen LogP contribution in [0.1, 0.15) is 0 Å². The molecule has 3 N–H and O–H groups in total. The van der Waals surface area contributed by atoms with E-state index in [4.69, 9.17) is 10.5 Å². The van der Waals surface area contributed by atoms with Gasteiger partial charge < -0.3 is 15.8 Å². The number of carbonyl (C=O) groups is 1. The Balaban J connectivity index is 2.44. The first-order chi connectivity index (χ1) is 8.15. The fourth-order valence-electron chi connectivity index (χ4n) is 1.42. The maximum Gasteiger partial charge on any atom is 0.238 e. The van der Waals surface area contributed by atoms with Crippen molar-refractivity contribution in [3.05, 3.63) is 24.3 Å². The van der Waals surface area contributed by atoms with Gasteiger partial charge in [-0.2, -0.15) is 0 Å². The van der Waals surface area contributed by atoms with Gasteiger partial charge in [0.15, 0.2) is 0 Å². The van der Waals surface area contributed by atoms with E-state index in [0.29, 0.717) is 19.6 Å². The van der Waals surface area contributed by atoms with E-state index < -0.39 is 0 Å². The summed E-state index contributed by atoms with van der Waals surface area (Å²) in [5.41, 5.74) is 6.16. The van der Waals surface area contributed by atoms with Gasteiger partial charge in [0, 0.05) is 18.8 Å². The van der Waals surface area contributed by atoms with Crippen LogP contribution in [0.25, 0.3) is 0 Å². The maximum absolute atomic E-state index is 11.6. The standard InChI is InChI=1S/C12H19N3O2/c1-15(8-7-13)9-12(16)14-10-3-5-11(17-2)6-4-10/h3-6H,7-9,13H2,1-2H3,(H,14,16). The molecule has 0 fully saturated rings. The number of nitrogens with zero attached hydrogens (tertiary/aromatic N) is 1. The number of ether oxygens (including phenoxy) is 1. The minimum absolute atomic E-state index is 0.0499. The second-order valence-corrected chi connectivity index (χ2v) is 3.80. The number of nitrogens with one attached hydrogen (secondary N) is 1. The highest BCUT2D eigenvalue weighted by atomic mass is 16.5. The molecule has 1 amide bonds. The second-order valence-electron chi connectivity index (χ2n) is 3.80. The van der Waals surface area contributed by atoms with Crippen LogP contribution in [0.4, 0.5) is 5.69 Å². The minimum atomic E-state index is -0.0499. The Morgan fingerprint density at radius 2 is 2.06 bits per heavy atom. The van der Waals surface area contributed by atoms with Gasteiger partial charge in [0.1, 0.15) is 5.75 Å². The Labute approximate surface area is 102 Å². The zero-order chi connectivity index (χ0) is 12.7. The molecule has 0 spiro atoms. The van der Waals surface area contributed by atoms with Crippen molar-refractivity contribution in [3.63, 3.8) is 0 Å². The molecule has 0 saturated carbocycles. The molecule has 0 unspecified atom stereocenters. The Morgan fingerprint density at radius 3 is 2.59 bits per heavy atom. The summed E-state index contributed by atoms with van der Waals surface area (Å²) in [5, 5.41) is 2.81. The second kappa shape index (κ2) is 6.88. The van der Waals surface area contributed by atoms with Crippen LogP contribution in [-0.4, -0.2) is 44.6 Å². The largest absolute Gasteiger partial charge is 0.497 e. The lowest BCUT2D eigenvalue weighted by Crippen LogP contribution is -2.33. The number of benzene rings is 1. The van der Waals surface area contributed by atoms with Crippen molar-refractivity contribution in [2.24, 2.45) is 5.73 Å². The number of hydrogen-bond donors (Lipinski definition) is 2. The molecular formula is C12H19N3O2. The first kappa shape index (κ1) is 13.5. The molecule has 94 valence electrons. The lowest BCUT2D eigenvalue weighted by Gasteiger charge is -2.14. The molecule has 0 aromatic heterocycles. The Morgan fingerprint density at radius 1 is 1.41 bits per heavy atom. The van der Waals surface area contributed by atoms with Crippen molar-refractivity contribution < 1.29 is 9.53 Å². The van der Waals surface area contributed by atoms with E-state index in [1.54, 1.807) is 31.4 Å². The average molecular weight is 237 g/mol. The molecule has 0 bridgehead atoms. The number of amides is 1. The molecule has 0 heterocycles. The summed E-state index contributed by atoms with van der Waals surface area (Å²) in [5.74, 6) is 0.717. The molecule has 0 aliphatic carbocycles. The fourth-order valence-corrected chi connectivity index (χ4v) is 1.42. The van der Waals surface area contributed by atoms with Gasteiger partial charge in [0.2, 0.25) is 5.91 Å². The molecule has 0 saturated heterocycles. The van der Waals surface area contributed by atoms with E-state index in [9.17, 15) is 4.79 Å².